The second-order valence-corrected chi connectivity index (χ2v) is 8.92. The highest BCUT2D eigenvalue weighted by molar-refractivity contribution is 7.70. The van der Waals surface area contributed by atoms with E-state index in [0.717, 1.165) is 18.5 Å². The summed E-state index contributed by atoms with van der Waals surface area (Å²) in [7, 11) is -1.56. The van der Waals surface area contributed by atoms with Crippen LogP contribution in [0.15, 0.2) is 0 Å². The first kappa shape index (κ1) is 17.4. The van der Waals surface area contributed by atoms with Gasteiger partial charge < -0.3 is 0 Å². The summed E-state index contributed by atoms with van der Waals surface area (Å²) in [6.45, 7) is 6.73. The van der Waals surface area contributed by atoms with Crippen molar-refractivity contribution in [3.63, 3.8) is 0 Å². The fourth-order valence-electron chi connectivity index (χ4n) is 2.30. The van der Waals surface area contributed by atoms with E-state index in [4.69, 9.17) is 0 Å². The van der Waals surface area contributed by atoms with Gasteiger partial charge in [-0.25, -0.2) is 0 Å². The zero-order valence-electron chi connectivity index (χ0n) is 12.4. The van der Waals surface area contributed by atoms with Gasteiger partial charge in [-0.3, -0.25) is 4.89 Å². The molecule has 0 unspecified atom stereocenters. The van der Waals surface area contributed by atoms with Crippen molar-refractivity contribution in [3.05, 3.63) is 0 Å². The molecule has 0 saturated heterocycles. The molecule has 0 aromatic rings. The summed E-state index contributed by atoms with van der Waals surface area (Å²) in [5.41, 5.74) is 0. The molecule has 0 amide bonds. The average Bonchev–Trinajstić information content (AvgIpc) is 2.30. The van der Waals surface area contributed by atoms with Crippen LogP contribution in [0, 0.1) is 0 Å². The van der Waals surface area contributed by atoms with Gasteiger partial charge >= 0.3 is 0 Å². The first-order valence-electron chi connectivity index (χ1n) is 7.77. The van der Waals surface area contributed by atoms with Crippen LogP contribution in [0.4, 0.5) is 0 Å². The van der Waals surface area contributed by atoms with Gasteiger partial charge in [0.2, 0.25) is 0 Å². The minimum absolute atomic E-state index is 1.13. The summed E-state index contributed by atoms with van der Waals surface area (Å²) in [4.78, 5) is 10.8. The number of unbranched alkanes of at least 4 members (excludes halogenated alkanes) is 6. The lowest BCUT2D eigenvalue weighted by Gasteiger charge is -2.20. The highest BCUT2D eigenvalue weighted by Crippen LogP contribution is 2.56. The van der Waals surface area contributed by atoms with E-state index >= 15 is 0 Å². The topological polar surface area (TPSA) is 20.2 Å². The molecule has 2 heteroatoms. The van der Waals surface area contributed by atoms with Crippen molar-refractivity contribution in [2.24, 2.45) is 0 Å². The molecule has 104 valence electrons. The molecule has 0 atom stereocenters. The Labute approximate surface area is 110 Å². The van der Waals surface area contributed by atoms with E-state index in [1.165, 1.54) is 57.8 Å². The van der Waals surface area contributed by atoms with Gasteiger partial charge in [0.25, 0.3) is 0 Å². The lowest BCUT2D eigenvalue weighted by molar-refractivity contribution is 0.575. The van der Waals surface area contributed by atoms with E-state index in [-0.39, 0.29) is 0 Å². The van der Waals surface area contributed by atoms with Crippen molar-refractivity contribution in [2.45, 2.75) is 78.6 Å². The third-order valence-corrected chi connectivity index (χ3v) is 6.98. The van der Waals surface area contributed by atoms with Crippen LogP contribution < -0.4 is 0 Å². The predicted octanol–water partition coefficient (Wildman–Crippen LogP) is 5.48. The number of hydrogen-bond donors (Lipinski definition) is 1. The first-order valence-corrected chi connectivity index (χ1v) is 10.1. The molecule has 1 nitrogen and oxygen atoms in total. The summed E-state index contributed by atoms with van der Waals surface area (Å²) < 4.78 is 0. The van der Waals surface area contributed by atoms with Gasteiger partial charge in [0, 0.05) is 0 Å². The summed E-state index contributed by atoms with van der Waals surface area (Å²) in [5.74, 6) is 0. The van der Waals surface area contributed by atoms with Gasteiger partial charge in [-0.1, -0.05) is 59.3 Å². The maximum absolute atomic E-state index is 10.8. The molecule has 0 heterocycles. The zero-order chi connectivity index (χ0) is 13.0. The SMILES string of the molecule is CCCCC[P+](O)(CCCCC)CCCCC. The van der Waals surface area contributed by atoms with E-state index in [1.54, 1.807) is 0 Å². The summed E-state index contributed by atoms with van der Waals surface area (Å²) in [6, 6.07) is 0. The normalized spacial score (nSPS) is 12.0. The summed E-state index contributed by atoms with van der Waals surface area (Å²) in [5, 5.41) is 0. The lowest BCUT2D eigenvalue weighted by atomic mass is 10.3. The molecule has 0 bridgehead atoms. The third kappa shape index (κ3) is 10.0. The molecule has 17 heavy (non-hydrogen) atoms. The van der Waals surface area contributed by atoms with E-state index < -0.39 is 7.49 Å². The van der Waals surface area contributed by atoms with E-state index in [9.17, 15) is 4.89 Å². The molecular formula is C15H34OP+. The Morgan fingerprint density at radius 1 is 0.588 bits per heavy atom. The molecule has 0 aliphatic rings. The van der Waals surface area contributed by atoms with Gasteiger partial charge in [0.05, 0.1) is 18.5 Å². The van der Waals surface area contributed by atoms with Crippen LogP contribution in [-0.2, 0) is 0 Å². The molecular weight excluding hydrogens is 227 g/mol. The Bertz CT molecular complexity index is 132. The second-order valence-electron chi connectivity index (χ2n) is 5.39. The highest BCUT2D eigenvalue weighted by Gasteiger charge is 2.33. The minimum Gasteiger partial charge on any atom is -0.252 e. The molecule has 1 N–H and O–H groups in total. The van der Waals surface area contributed by atoms with Crippen molar-refractivity contribution in [1.82, 2.24) is 0 Å². The molecule has 0 aromatic carbocycles. The largest absolute Gasteiger partial charge is 0.252 e. The number of rotatable bonds is 12. The number of hydrogen-bond acceptors (Lipinski definition) is 1. The Kier molecular flexibility index (Phi) is 11.7. The summed E-state index contributed by atoms with van der Waals surface area (Å²) >= 11 is 0. The zero-order valence-corrected chi connectivity index (χ0v) is 13.3. The molecule has 0 saturated carbocycles. The van der Waals surface area contributed by atoms with Crippen LogP contribution in [0.25, 0.3) is 0 Å². The standard InChI is InChI=1S/C15H34OP/c1-4-7-10-13-17(16,14-11-8-5-2)15-12-9-6-3/h16H,4-15H2,1-3H3/q+1. The second kappa shape index (κ2) is 11.5. The maximum atomic E-state index is 10.8. The molecule has 0 aromatic heterocycles. The lowest BCUT2D eigenvalue weighted by Crippen LogP contribution is -2.08. The van der Waals surface area contributed by atoms with E-state index in [1.807, 2.05) is 0 Å². The van der Waals surface area contributed by atoms with Gasteiger partial charge in [-0.15, -0.1) is 0 Å². The first-order chi connectivity index (χ1) is 8.18. The summed E-state index contributed by atoms with van der Waals surface area (Å²) in [6.07, 6.45) is 14.8. The molecule has 0 rings (SSSR count). The van der Waals surface area contributed by atoms with Crippen LogP contribution in [0.2, 0.25) is 0 Å². The van der Waals surface area contributed by atoms with E-state index in [2.05, 4.69) is 20.8 Å². The molecule has 0 spiro atoms. The molecule has 0 fully saturated rings. The average molecular weight is 261 g/mol. The van der Waals surface area contributed by atoms with Crippen molar-refractivity contribution >= 4 is 7.49 Å². The smallest absolute Gasteiger partial charge is 0.142 e. The van der Waals surface area contributed by atoms with Gasteiger partial charge in [0.1, 0.15) is 7.49 Å². The predicted molar refractivity (Wildman–Crippen MR) is 82.3 cm³/mol. The van der Waals surface area contributed by atoms with Crippen LogP contribution >= 0.6 is 7.49 Å². The van der Waals surface area contributed by atoms with Crippen molar-refractivity contribution in [1.29, 1.82) is 0 Å². The maximum Gasteiger partial charge on any atom is 0.142 e. The van der Waals surface area contributed by atoms with Gasteiger partial charge in [0.15, 0.2) is 0 Å². The van der Waals surface area contributed by atoms with Crippen LogP contribution in [0.5, 0.6) is 0 Å². The molecule has 0 radical (unpaired) electrons. The Morgan fingerprint density at radius 3 is 1.12 bits per heavy atom. The van der Waals surface area contributed by atoms with Crippen molar-refractivity contribution < 1.29 is 4.89 Å². The Morgan fingerprint density at radius 2 is 0.882 bits per heavy atom. The van der Waals surface area contributed by atoms with Gasteiger partial charge in [-0.2, -0.15) is 0 Å². The van der Waals surface area contributed by atoms with Crippen molar-refractivity contribution in [3.8, 4) is 0 Å². The Balaban J connectivity index is 3.95. The van der Waals surface area contributed by atoms with E-state index in [0.29, 0.717) is 0 Å². The monoisotopic (exact) mass is 261 g/mol. The van der Waals surface area contributed by atoms with Crippen LogP contribution in [0.1, 0.15) is 78.6 Å². The highest BCUT2D eigenvalue weighted by atomic mass is 31.2. The van der Waals surface area contributed by atoms with Crippen LogP contribution in [-0.4, -0.2) is 23.4 Å². The minimum atomic E-state index is -1.56. The quantitative estimate of drug-likeness (QED) is 0.364. The molecule has 0 aliphatic heterocycles. The van der Waals surface area contributed by atoms with Crippen LogP contribution in [0.3, 0.4) is 0 Å². The van der Waals surface area contributed by atoms with Crippen molar-refractivity contribution in [2.75, 3.05) is 18.5 Å². The fourth-order valence-corrected chi connectivity index (χ4v) is 5.41. The third-order valence-electron chi connectivity index (χ3n) is 3.53. The molecule has 0 aliphatic carbocycles. The van der Waals surface area contributed by atoms with Gasteiger partial charge in [-0.05, 0) is 19.3 Å². The Hall–Kier alpha value is 0.390. The fraction of sp³-hybridized carbons (Fsp3) is 1.00.